The summed E-state index contributed by atoms with van der Waals surface area (Å²) in [6.45, 7) is 4.13. The molecule has 0 spiro atoms. The van der Waals surface area contributed by atoms with Crippen LogP contribution in [0.1, 0.15) is 56.6 Å². The minimum absolute atomic E-state index is 0.0406. The summed E-state index contributed by atoms with van der Waals surface area (Å²) in [5.41, 5.74) is 1.52. The maximum atomic E-state index is 12.5. The zero-order valence-electron chi connectivity index (χ0n) is 17.1. The minimum atomic E-state index is -3.68. The molecule has 2 aromatic carbocycles. The van der Waals surface area contributed by atoms with Gasteiger partial charge in [0, 0.05) is 12.3 Å². The van der Waals surface area contributed by atoms with E-state index < -0.39 is 10.0 Å². The minimum Gasteiger partial charge on any atom is -0.490 e. The first-order valence-electron chi connectivity index (χ1n) is 10.0. The number of hydrogen-bond donors (Lipinski definition) is 0. The van der Waals surface area contributed by atoms with Crippen molar-refractivity contribution in [2.45, 2.75) is 56.4 Å². The number of benzene rings is 2. The molecule has 5 nitrogen and oxygen atoms in total. The number of nitriles is 1. The van der Waals surface area contributed by atoms with E-state index in [4.69, 9.17) is 21.6 Å². The third-order valence-corrected chi connectivity index (χ3v) is 6.92. The van der Waals surface area contributed by atoms with Crippen molar-refractivity contribution < 1.29 is 13.2 Å². The summed E-state index contributed by atoms with van der Waals surface area (Å²) in [5, 5.41) is 9.32. The Labute approximate surface area is 183 Å². The SMILES string of the molecule is CC(C)c1ccc(S(=O)(=O)N=CC2CCC(Oc3ccc(C#N)c(Cl)c3)CC2)cc1. The quantitative estimate of drug-likeness (QED) is 0.532. The number of hydrogen-bond acceptors (Lipinski definition) is 4. The van der Waals surface area contributed by atoms with Gasteiger partial charge in [0.15, 0.2) is 0 Å². The number of sulfonamides is 1. The topological polar surface area (TPSA) is 79.5 Å². The molecule has 0 aliphatic heterocycles. The van der Waals surface area contributed by atoms with Crippen molar-refractivity contribution in [3.05, 3.63) is 58.6 Å². The molecule has 0 aromatic heterocycles. The molecule has 7 heteroatoms. The molecule has 158 valence electrons. The summed E-state index contributed by atoms with van der Waals surface area (Å²) in [6, 6.07) is 14.0. The molecule has 0 atom stereocenters. The van der Waals surface area contributed by atoms with Crippen LogP contribution >= 0.6 is 11.6 Å². The second kappa shape index (κ2) is 9.63. The molecular formula is C23H25ClN2O3S. The zero-order chi connectivity index (χ0) is 21.7. The fourth-order valence-corrected chi connectivity index (χ4v) is 4.61. The van der Waals surface area contributed by atoms with Gasteiger partial charge in [0.2, 0.25) is 0 Å². The van der Waals surface area contributed by atoms with E-state index in [1.807, 2.05) is 18.2 Å². The van der Waals surface area contributed by atoms with E-state index in [9.17, 15) is 8.42 Å². The van der Waals surface area contributed by atoms with Crippen LogP contribution in [0.15, 0.2) is 51.8 Å². The van der Waals surface area contributed by atoms with Crippen LogP contribution in [0.3, 0.4) is 0 Å². The van der Waals surface area contributed by atoms with E-state index in [1.54, 1.807) is 36.5 Å². The maximum absolute atomic E-state index is 12.5. The van der Waals surface area contributed by atoms with Crippen molar-refractivity contribution in [2.24, 2.45) is 10.3 Å². The van der Waals surface area contributed by atoms with Crippen molar-refractivity contribution in [1.82, 2.24) is 0 Å². The zero-order valence-corrected chi connectivity index (χ0v) is 18.7. The van der Waals surface area contributed by atoms with Crippen molar-refractivity contribution >= 4 is 27.8 Å². The van der Waals surface area contributed by atoms with Gasteiger partial charge in [-0.2, -0.15) is 18.1 Å². The van der Waals surface area contributed by atoms with Gasteiger partial charge in [0.25, 0.3) is 10.0 Å². The molecule has 0 unspecified atom stereocenters. The van der Waals surface area contributed by atoms with Gasteiger partial charge in [0.05, 0.1) is 21.6 Å². The van der Waals surface area contributed by atoms with E-state index in [0.717, 1.165) is 31.2 Å². The van der Waals surface area contributed by atoms with Gasteiger partial charge in [-0.15, -0.1) is 0 Å². The van der Waals surface area contributed by atoms with Crippen molar-refractivity contribution in [3.63, 3.8) is 0 Å². The van der Waals surface area contributed by atoms with Crippen LogP contribution < -0.4 is 4.74 Å². The Hall–Kier alpha value is -2.36. The second-order valence-electron chi connectivity index (χ2n) is 7.86. The number of nitrogens with zero attached hydrogens (tertiary/aromatic N) is 2. The van der Waals surface area contributed by atoms with Gasteiger partial charge in [-0.1, -0.05) is 37.6 Å². The predicted molar refractivity (Wildman–Crippen MR) is 119 cm³/mol. The van der Waals surface area contributed by atoms with E-state index in [-0.39, 0.29) is 16.9 Å². The first kappa shape index (κ1) is 22.3. The van der Waals surface area contributed by atoms with Crippen molar-refractivity contribution in [1.29, 1.82) is 5.26 Å². The highest BCUT2D eigenvalue weighted by atomic mass is 35.5. The summed E-state index contributed by atoms with van der Waals surface area (Å²) in [5.74, 6) is 1.10. The normalized spacial score (nSPS) is 19.7. The van der Waals surface area contributed by atoms with Gasteiger partial charge in [-0.3, -0.25) is 0 Å². The fourth-order valence-electron chi connectivity index (χ4n) is 3.46. The standard InChI is InChI=1S/C23H25ClN2O3S/c1-16(2)18-6-11-22(12-7-18)30(27,28)26-15-17-3-8-20(9-4-17)29-21-10-5-19(14-25)23(24)13-21/h5-7,10-13,15-17,20H,3-4,8-9H2,1-2H3. The lowest BCUT2D eigenvalue weighted by Crippen LogP contribution is -2.24. The molecule has 0 heterocycles. The molecule has 30 heavy (non-hydrogen) atoms. The molecule has 3 rings (SSSR count). The Morgan fingerprint density at radius 1 is 1.13 bits per heavy atom. The number of rotatable bonds is 6. The smallest absolute Gasteiger partial charge is 0.281 e. The molecule has 0 radical (unpaired) electrons. The Morgan fingerprint density at radius 2 is 1.80 bits per heavy atom. The number of ether oxygens (including phenoxy) is 1. The summed E-state index contributed by atoms with van der Waals surface area (Å²) >= 11 is 6.05. The summed E-state index contributed by atoms with van der Waals surface area (Å²) < 4.78 is 34.9. The molecule has 0 N–H and O–H groups in total. The van der Waals surface area contributed by atoms with E-state index in [0.29, 0.717) is 22.3 Å². The second-order valence-corrected chi connectivity index (χ2v) is 9.90. The molecule has 0 amide bonds. The van der Waals surface area contributed by atoms with Gasteiger partial charge in [-0.25, -0.2) is 0 Å². The molecule has 1 saturated carbocycles. The fraction of sp³-hybridized carbons (Fsp3) is 0.391. The monoisotopic (exact) mass is 444 g/mol. The van der Waals surface area contributed by atoms with Gasteiger partial charge in [-0.05, 0) is 67.3 Å². The highest BCUT2D eigenvalue weighted by Gasteiger charge is 2.22. The third-order valence-electron chi connectivity index (χ3n) is 5.34. The molecule has 1 aliphatic rings. The lowest BCUT2D eigenvalue weighted by Gasteiger charge is -2.27. The molecular weight excluding hydrogens is 420 g/mol. The third kappa shape index (κ3) is 5.62. The average Bonchev–Trinajstić information content (AvgIpc) is 2.73. The van der Waals surface area contributed by atoms with E-state index in [2.05, 4.69) is 18.2 Å². The predicted octanol–water partition coefficient (Wildman–Crippen LogP) is 5.73. The lowest BCUT2D eigenvalue weighted by atomic mass is 9.88. The summed E-state index contributed by atoms with van der Waals surface area (Å²) in [7, 11) is -3.68. The van der Waals surface area contributed by atoms with Crippen LogP contribution in [0.2, 0.25) is 5.02 Å². The molecule has 0 saturated heterocycles. The van der Waals surface area contributed by atoms with Crippen LogP contribution in [-0.2, 0) is 10.0 Å². The van der Waals surface area contributed by atoms with Gasteiger partial charge in [0.1, 0.15) is 11.8 Å². The highest BCUT2D eigenvalue weighted by molar-refractivity contribution is 7.90. The Bertz CT molecular complexity index is 1050. The van der Waals surface area contributed by atoms with Crippen LogP contribution in [0.25, 0.3) is 0 Å². The van der Waals surface area contributed by atoms with Gasteiger partial charge >= 0.3 is 0 Å². The van der Waals surface area contributed by atoms with Crippen LogP contribution in [0.4, 0.5) is 0 Å². The summed E-state index contributed by atoms with van der Waals surface area (Å²) in [4.78, 5) is 0.220. The van der Waals surface area contributed by atoms with Crippen LogP contribution in [0.5, 0.6) is 5.75 Å². The Balaban J connectivity index is 1.55. The molecule has 1 aliphatic carbocycles. The van der Waals surface area contributed by atoms with Crippen molar-refractivity contribution in [2.75, 3.05) is 0 Å². The molecule has 2 aromatic rings. The Kier molecular flexibility index (Phi) is 7.17. The molecule has 1 fully saturated rings. The molecule has 0 bridgehead atoms. The highest BCUT2D eigenvalue weighted by Crippen LogP contribution is 2.29. The largest absolute Gasteiger partial charge is 0.490 e. The summed E-state index contributed by atoms with van der Waals surface area (Å²) in [6.07, 6.45) is 4.83. The maximum Gasteiger partial charge on any atom is 0.281 e. The van der Waals surface area contributed by atoms with Crippen molar-refractivity contribution in [3.8, 4) is 11.8 Å². The van der Waals surface area contributed by atoms with Crippen LogP contribution in [-0.4, -0.2) is 20.7 Å². The number of halogens is 1. The van der Waals surface area contributed by atoms with Crippen LogP contribution in [0, 0.1) is 17.2 Å². The first-order valence-corrected chi connectivity index (χ1v) is 11.9. The van der Waals surface area contributed by atoms with E-state index >= 15 is 0 Å². The lowest BCUT2D eigenvalue weighted by molar-refractivity contribution is 0.145. The first-order chi connectivity index (χ1) is 14.3. The average molecular weight is 445 g/mol. The van der Waals surface area contributed by atoms with E-state index in [1.165, 1.54) is 0 Å². The van der Waals surface area contributed by atoms with Gasteiger partial charge < -0.3 is 4.74 Å². The Morgan fingerprint density at radius 3 is 2.37 bits per heavy atom.